The Labute approximate surface area is 131 Å². The first-order chi connectivity index (χ1) is 10.6. The van der Waals surface area contributed by atoms with E-state index in [4.69, 9.17) is 0 Å². The molecule has 0 radical (unpaired) electrons. The molecule has 3 N–H and O–H groups in total. The number of nitrogens with one attached hydrogen (secondary N) is 3. The summed E-state index contributed by atoms with van der Waals surface area (Å²) >= 11 is 1.31. The predicted octanol–water partition coefficient (Wildman–Crippen LogP) is 1.48. The van der Waals surface area contributed by atoms with Crippen molar-refractivity contribution in [2.75, 3.05) is 18.9 Å². The molecular weight excluding hydrogens is 302 g/mol. The van der Waals surface area contributed by atoms with Crippen LogP contribution >= 0.6 is 11.3 Å². The van der Waals surface area contributed by atoms with Crippen LogP contribution < -0.4 is 16.0 Å². The van der Waals surface area contributed by atoms with E-state index in [0.29, 0.717) is 16.1 Å². The van der Waals surface area contributed by atoms with Crippen molar-refractivity contribution in [1.29, 1.82) is 0 Å². The van der Waals surface area contributed by atoms with E-state index in [1.165, 1.54) is 18.4 Å². The van der Waals surface area contributed by atoms with Gasteiger partial charge in [-0.05, 0) is 29.6 Å². The van der Waals surface area contributed by atoms with E-state index in [1.54, 1.807) is 41.8 Å². The van der Waals surface area contributed by atoms with Crippen LogP contribution in [0.2, 0.25) is 0 Å². The molecule has 3 amide bonds. The largest absolute Gasteiger partial charge is 0.355 e. The van der Waals surface area contributed by atoms with Gasteiger partial charge < -0.3 is 16.0 Å². The fraction of sp³-hybridized carbons (Fsp3) is 0.133. The fourth-order valence-corrected chi connectivity index (χ4v) is 2.38. The number of carbonyl (C=O) groups excluding carboxylic acids is 3. The summed E-state index contributed by atoms with van der Waals surface area (Å²) in [5.41, 5.74) is 0.944. The highest BCUT2D eigenvalue weighted by Crippen LogP contribution is 2.10. The van der Waals surface area contributed by atoms with Gasteiger partial charge in [0.1, 0.15) is 0 Å². The molecule has 0 saturated heterocycles. The van der Waals surface area contributed by atoms with E-state index in [9.17, 15) is 14.4 Å². The normalized spacial score (nSPS) is 9.86. The molecule has 0 atom stereocenters. The monoisotopic (exact) mass is 317 g/mol. The Kier molecular flexibility index (Phi) is 5.26. The maximum absolute atomic E-state index is 11.8. The summed E-state index contributed by atoms with van der Waals surface area (Å²) < 4.78 is 0. The van der Waals surface area contributed by atoms with Crippen LogP contribution in [0, 0.1) is 0 Å². The van der Waals surface area contributed by atoms with E-state index in [-0.39, 0.29) is 24.3 Å². The van der Waals surface area contributed by atoms with Crippen LogP contribution in [0.25, 0.3) is 0 Å². The number of benzene rings is 1. The lowest BCUT2D eigenvalue weighted by Gasteiger charge is -2.07. The van der Waals surface area contributed by atoms with Gasteiger partial charge in [0.15, 0.2) is 0 Å². The topological polar surface area (TPSA) is 87.3 Å². The Balaban J connectivity index is 1.89. The molecule has 0 saturated carbocycles. The first-order valence-corrected chi connectivity index (χ1v) is 7.42. The third-order valence-electron chi connectivity index (χ3n) is 2.79. The molecule has 0 bridgehead atoms. The molecule has 0 spiro atoms. The van der Waals surface area contributed by atoms with E-state index in [0.717, 1.165) is 0 Å². The van der Waals surface area contributed by atoms with Crippen molar-refractivity contribution in [2.24, 2.45) is 0 Å². The molecule has 22 heavy (non-hydrogen) atoms. The second-order valence-corrected chi connectivity index (χ2v) is 5.32. The summed E-state index contributed by atoms with van der Waals surface area (Å²) in [5, 5.41) is 9.47. The van der Waals surface area contributed by atoms with Gasteiger partial charge in [0.25, 0.3) is 11.8 Å². The zero-order chi connectivity index (χ0) is 15.9. The van der Waals surface area contributed by atoms with Crippen LogP contribution in [0.1, 0.15) is 20.0 Å². The van der Waals surface area contributed by atoms with Gasteiger partial charge in [-0.2, -0.15) is 0 Å². The van der Waals surface area contributed by atoms with Crippen molar-refractivity contribution < 1.29 is 14.4 Å². The number of hydrogen-bond acceptors (Lipinski definition) is 4. The Morgan fingerprint density at radius 2 is 1.91 bits per heavy atom. The summed E-state index contributed by atoms with van der Waals surface area (Å²) in [5.74, 6) is -0.884. The third-order valence-corrected chi connectivity index (χ3v) is 3.66. The van der Waals surface area contributed by atoms with Gasteiger partial charge in [-0.1, -0.05) is 12.1 Å². The smallest absolute Gasteiger partial charge is 0.261 e. The molecule has 0 aliphatic carbocycles. The van der Waals surface area contributed by atoms with Gasteiger partial charge in [0.2, 0.25) is 5.91 Å². The minimum Gasteiger partial charge on any atom is -0.355 e. The number of amides is 3. The van der Waals surface area contributed by atoms with Gasteiger partial charge in [0, 0.05) is 18.3 Å². The first-order valence-electron chi connectivity index (χ1n) is 6.54. The quantitative estimate of drug-likeness (QED) is 0.780. The third kappa shape index (κ3) is 4.16. The van der Waals surface area contributed by atoms with Crippen molar-refractivity contribution in [3.8, 4) is 0 Å². The maximum Gasteiger partial charge on any atom is 0.261 e. The summed E-state index contributed by atoms with van der Waals surface area (Å²) in [6, 6.07) is 10.0. The highest BCUT2D eigenvalue weighted by atomic mass is 32.1. The molecule has 6 nitrogen and oxygen atoms in total. The number of carbonyl (C=O) groups is 3. The number of thiophene rings is 1. The minimum atomic E-state index is -0.362. The zero-order valence-corrected chi connectivity index (χ0v) is 12.7. The molecule has 1 aromatic heterocycles. The lowest BCUT2D eigenvalue weighted by Crippen LogP contribution is -2.32. The number of anilines is 1. The Bertz CT molecular complexity index is 683. The summed E-state index contributed by atoms with van der Waals surface area (Å²) in [6.07, 6.45) is 0. The highest BCUT2D eigenvalue weighted by Gasteiger charge is 2.10. The van der Waals surface area contributed by atoms with Crippen molar-refractivity contribution >= 4 is 34.7 Å². The minimum absolute atomic E-state index is 0.138. The van der Waals surface area contributed by atoms with E-state index in [1.807, 2.05) is 0 Å². The average molecular weight is 317 g/mol. The molecular formula is C15H15N3O3S. The second kappa shape index (κ2) is 7.37. The van der Waals surface area contributed by atoms with Crippen molar-refractivity contribution in [3.05, 3.63) is 52.2 Å². The molecule has 7 heteroatoms. The molecule has 114 valence electrons. The highest BCUT2D eigenvalue weighted by molar-refractivity contribution is 7.12. The van der Waals surface area contributed by atoms with Crippen molar-refractivity contribution in [1.82, 2.24) is 10.6 Å². The molecule has 2 rings (SSSR count). The van der Waals surface area contributed by atoms with Crippen LogP contribution in [0.5, 0.6) is 0 Å². The molecule has 2 aromatic rings. The van der Waals surface area contributed by atoms with Crippen LogP contribution in [-0.2, 0) is 4.79 Å². The van der Waals surface area contributed by atoms with Crippen LogP contribution in [-0.4, -0.2) is 31.3 Å². The first kappa shape index (κ1) is 15.7. The zero-order valence-electron chi connectivity index (χ0n) is 11.9. The maximum atomic E-state index is 11.8. The van der Waals surface area contributed by atoms with Crippen LogP contribution in [0.15, 0.2) is 41.8 Å². The summed E-state index contributed by atoms with van der Waals surface area (Å²) in [7, 11) is 1.54. The molecule has 0 unspecified atom stereocenters. The van der Waals surface area contributed by atoms with E-state index in [2.05, 4.69) is 16.0 Å². The Morgan fingerprint density at radius 1 is 1.09 bits per heavy atom. The van der Waals surface area contributed by atoms with E-state index >= 15 is 0 Å². The Hall–Kier alpha value is -2.67. The van der Waals surface area contributed by atoms with Crippen molar-refractivity contribution in [2.45, 2.75) is 0 Å². The van der Waals surface area contributed by atoms with Gasteiger partial charge >= 0.3 is 0 Å². The average Bonchev–Trinajstić information content (AvgIpc) is 3.06. The number of rotatable bonds is 5. The molecule has 0 aliphatic heterocycles. The second-order valence-electron chi connectivity index (χ2n) is 4.37. The Morgan fingerprint density at radius 3 is 2.59 bits per heavy atom. The van der Waals surface area contributed by atoms with Gasteiger partial charge in [-0.3, -0.25) is 14.4 Å². The summed E-state index contributed by atoms with van der Waals surface area (Å²) in [4.78, 5) is 35.6. The van der Waals surface area contributed by atoms with Crippen LogP contribution in [0.4, 0.5) is 5.69 Å². The van der Waals surface area contributed by atoms with Gasteiger partial charge in [-0.25, -0.2) is 0 Å². The van der Waals surface area contributed by atoms with Gasteiger partial charge in [0.05, 0.1) is 11.4 Å². The number of hydrogen-bond donors (Lipinski definition) is 3. The predicted molar refractivity (Wildman–Crippen MR) is 85.1 cm³/mol. The fourth-order valence-electron chi connectivity index (χ4n) is 1.74. The lowest BCUT2D eigenvalue weighted by molar-refractivity contribution is -0.115. The standard InChI is InChI=1S/C15H15N3O3S/c1-16-14(20)10-4-2-5-11(8-10)18-13(19)9-17-15(21)12-6-3-7-22-12/h2-8H,9H2,1H3,(H,16,20)(H,17,21)(H,18,19). The molecule has 1 aromatic carbocycles. The van der Waals surface area contributed by atoms with Gasteiger partial charge in [-0.15, -0.1) is 11.3 Å². The lowest BCUT2D eigenvalue weighted by atomic mass is 10.2. The van der Waals surface area contributed by atoms with E-state index < -0.39 is 0 Å². The molecule has 1 heterocycles. The van der Waals surface area contributed by atoms with Crippen LogP contribution in [0.3, 0.4) is 0 Å². The molecule has 0 fully saturated rings. The summed E-state index contributed by atoms with van der Waals surface area (Å²) in [6.45, 7) is -0.138. The van der Waals surface area contributed by atoms with Crippen molar-refractivity contribution in [3.63, 3.8) is 0 Å². The SMILES string of the molecule is CNC(=O)c1cccc(NC(=O)CNC(=O)c2cccs2)c1. The molecule has 0 aliphatic rings.